The zero-order chi connectivity index (χ0) is 8.27. The average Bonchev–Trinajstić information content (AvgIpc) is 1.85. The second-order valence-corrected chi connectivity index (χ2v) is 3.49. The number of nitrogens with zero attached hydrogens (tertiary/aromatic N) is 1. The summed E-state index contributed by atoms with van der Waals surface area (Å²) in [5, 5.41) is 11.8. The fourth-order valence-corrected chi connectivity index (χ4v) is 1.70. The van der Waals surface area contributed by atoms with Gasteiger partial charge in [0.2, 0.25) is 0 Å². The van der Waals surface area contributed by atoms with Gasteiger partial charge in [0.15, 0.2) is 5.12 Å². The van der Waals surface area contributed by atoms with E-state index in [4.69, 9.17) is 0 Å². The first-order valence-electron chi connectivity index (χ1n) is 3.82. The largest absolute Gasteiger partial charge is 0.785 e. The van der Waals surface area contributed by atoms with Crippen LogP contribution in [0, 0.1) is 11.1 Å². The summed E-state index contributed by atoms with van der Waals surface area (Å²) in [5.41, 5.74) is 0. The zero-order valence-corrected chi connectivity index (χ0v) is 7.22. The Hall–Kier alpha value is -0.0600. The van der Waals surface area contributed by atoms with Gasteiger partial charge in [-0.1, -0.05) is 0 Å². The molecule has 0 N–H and O–H groups in total. The number of carbonyl (C=O) groups is 1. The molecule has 64 valence electrons. The van der Waals surface area contributed by atoms with E-state index in [1.807, 2.05) is 0 Å². The van der Waals surface area contributed by atoms with E-state index in [1.165, 1.54) is 0 Å². The summed E-state index contributed by atoms with van der Waals surface area (Å²) < 4.78 is 0. The number of piperidine rings is 1. The number of hydrogen-bond donors (Lipinski definition) is 1. The molecule has 1 saturated heterocycles. The first kappa shape index (κ1) is 9.03. The van der Waals surface area contributed by atoms with Crippen molar-refractivity contribution in [3.8, 4) is 0 Å². The van der Waals surface area contributed by atoms with Crippen LogP contribution in [0.5, 0.6) is 0 Å². The van der Waals surface area contributed by atoms with Gasteiger partial charge in [-0.3, -0.25) is 4.79 Å². The molecule has 0 aromatic rings. The number of hydroxylamine groups is 2. The van der Waals surface area contributed by atoms with Crippen molar-refractivity contribution in [2.75, 3.05) is 13.1 Å². The monoisotopic (exact) mass is 174 g/mol. The molecule has 11 heavy (non-hydrogen) atoms. The molecule has 1 atom stereocenters. The van der Waals surface area contributed by atoms with E-state index in [0.29, 0.717) is 19.5 Å². The molecular weight excluding hydrogens is 162 g/mol. The average molecular weight is 174 g/mol. The molecule has 1 aliphatic rings. The van der Waals surface area contributed by atoms with E-state index in [0.717, 1.165) is 17.9 Å². The van der Waals surface area contributed by atoms with E-state index in [9.17, 15) is 10.0 Å². The van der Waals surface area contributed by atoms with Crippen molar-refractivity contribution in [2.24, 2.45) is 5.92 Å². The van der Waals surface area contributed by atoms with Crippen molar-refractivity contribution in [2.45, 2.75) is 19.3 Å². The number of hydrogen-bond acceptors (Lipinski definition) is 3. The lowest BCUT2D eigenvalue weighted by atomic mass is 9.97. The van der Waals surface area contributed by atoms with Gasteiger partial charge >= 0.3 is 0 Å². The Kier molecular flexibility index (Phi) is 3.36. The number of rotatable bonds is 2. The summed E-state index contributed by atoms with van der Waals surface area (Å²) in [7, 11) is 0. The Balaban J connectivity index is 2.28. The van der Waals surface area contributed by atoms with Gasteiger partial charge in [-0.15, -0.1) is 12.6 Å². The van der Waals surface area contributed by atoms with Crippen LogP contribution < -0.4 is 0 Å². The van der Waals surface area contributed by atoms with Gasteiger partial charge in [-0.25, -0.2) is 0 Å². The van der Waals surface area contributed by atoms with E-state index in [2.05, 4.69) is 12.6 Å². The summed E-state index contributed by atoms with van der Waals surface area (Å²) in [4.78, 5) is 10.6. The van der Waals surface area contributed by atoms with Crippen LogP contribution in [0.25, 0.3) is 0 Å². The van der Waals surface area contributed by atoms with Gasteiger partial charge in [0.1, 0.15) is 0 Å². The highest BCUT2D eigenvalue weighted by atomic mass is 32.1. The van der Waals surface area contributed by atoms with Crippen molar-refractivity contribution >= 4 is 17.7 Å². The SMILES string of the molecule is O=C(S)CC1CCCN([O-])C1. The Bertz CT molecular complexity index is 151. The fourth-order valence-electron chi connectivity index (χ4n) is 1.44. The van der Waals surface area contributed by atoms with Crippen LogP contribution in [-0.4, -0.2) is 23.3 Å². The second-order valence-electron chi connectivity index (χ2n) is 2.99. The quantitative estimate of drug-likeness (QED) is 0.636. The lowest BCUT2D eigenvalue weighted by Crippen LogP contribution is -2.31. The standard InChI is InChI=1S/C7H12NO2S/c9-7(11)4-6-2-1-3-8(10)5-6/h6H,1-5H2,(H,9,11)/q-1. The van der Waals surface area contributed by atoms with Crippen molar-refractivity contribution in [3.05, 3.63) is 5.21 Å². The fraction of sp³-hybridized carbons (Fsp3) is 0.857. The zero-order valence-electron chi connectivity index (χ0n) is 6.32. The predicted octanol–water partition coefficient (Wildman–Crippen LogP) is 1.04. The molecule has 0 amide bonds. The number of carbonyl (C=O) groups excluding carboxylic acids is 1. The van der Waals surface area contributed by atoms with E-state index in [1.54, 1.807) is 0 Å². The first-order chi connectivity index (χ1) is 5.18. The van der Waals surface area contributed by atoms with Crippen molar-refractivity contribution in [1.29, 1.82) is 0 Å². The molecular formula is C7H12NO2S-. The third kappa shape index (κ3) is 3.22. The maximum atomic E-state index is 10.8. The lowest BCUT2D eigenvalue weighted by Gasteiger charge is -2.36. The highest BCUT2D eigenvalue weighted by Gasteiger charge is 2.15. The van der Waals surface area contributed by atoms with Crippen LogP contribution in [0.1, 0.15) is 19.3 Å². The lowest BCUT2D eigenvalue weighted by molar-refractivity contribution is -0.111. The molecule has 0 aromatic carbocycles. The van der Waals surface area contributed by atoms with Crippen LogP contribution in [0.3, 0.4) is 0 Å². The highest BCUT2D eigenvalue weighted by molar-refractivity contribution is 7.96. The smallest absolute Gasteiger partial charge is 0.186 e. The normalized spacial score (nSPS) is 26.9. The molecule has 0 radical (unpaired) electrons. The van der Waals surface area contributed by atoms with Gasteiger partial charge in [0.25, 0.3) is 0 Å². The third-order valence-corrected chi connectivity index (χ3v) is 2.13. The van der Waals surface area contributed by atoms with E-state index < -0.39 is 0 Å². The second kappa shape index (κ2) is 4.09. The van der Waals surface area contributed by atoms with Crippen LogP contribution in [0.4, 0.5) is 0 Å². The maximum Gasteiger partial charge on any atom is 0.186 e. The van der Waals surface area contributed by atoms with E-state index in [-0.39, 0.29) is 11.0 Å². The molecule has 1 heterocycles. The molecule has 0 aromatic heterocycles. The molecule has 1 fully saturated rings. The molecule has 0 bridgehead atoms. The minimum atomic E-state index is -0.106. The Morgan fingerprint density at radius 1 is 1.73 bits per heavy atom. The maximum absolute atomic E-state index is 10.8. The Morgan fingerprint density at radius 3 is 3.00 bits per heavy atom. The summed E-state index contributed by atoms with van der Waals surface area (Å²) >= 11 is 3.68. The Labute approximate surface area is 71.7 Å². The van der Waals surface area contributed by atoms with Gasteiger partial charge in [0, 0.05) is 6.42 Å². The molecule has 0 spiro atoms. The predicted molar refractivity (Wildman–Crippen MR) is 46.3 cm³/mol. The van der Waals surface area contributed by atoms with Crippen LogP contribution in [-0.2, 0) is 4.79 Å². The summed E-state index contributed by atoms with van der Waals surface area (Å²) in [6.45, 7) is 1.13. The first-order valence-corrected chi connectivity index (χ1v) is 4.27. The van der Waals surface area contributed by atoms with Crippen molar-refractivity contribution in [3.63, 3.8) is 0 Å². The highest BCUT2D eigenvalue weighted by Crippen LogP contribution is 2.19. The minimum absolute atomic E-state index is 0.106. The molecule has 4 heteroatoms. The Morgan fingerprint density at radius 2 is 2.45 bits per heavy atom. The molecule has 0 aliphatic carbocycles. The number of thiol groups is 1. The molecule has 1 unspecified atom stereocenters. The third-order valence-electron chi connectivity index (χ3n) is 1.95. The van der Waals surface area contributed by atoms with Crippen molar-refractivity contribution in [1.82, 2.24) is 5.06 Å². The van der Waals surface area contributed by atoms with Gasteiger partial charge in [-0.2, -0.15) is 0 Å². The molecule has 0 saturated carbocycles. The van der Waals surface area contributed by atoms with Crippen molar-refractivity contribution < 1.29 is 4.79 Å². The topological polar surface area (TPSA) is 43.4 Å². The van der Waals surface area contributed by atoms with Crippen LogP contribution in [0.15, 0.2) is 0 Å². The molecule has 1 aliphatic heterocycles. The van der Waals surface area contributed by atoms with Crippen LogP contribution in [0.2, 0.25) is 0 Å². The van der Waals surface area contributed by atoms with Gasteiger partial charge < -0.3 is 10.3 Å². The summed E-state index contributed by atoms with van der Waals surface area (Å²) in [6, 6.07) is 0. The van der Waals surface area contributed by atoms with Crippen LogP contribution >= 0.6 is 12.6 Å². The minimum Gasteiger partial charge on any atom is -0.785 e. The molecule has 3 nitrogen and oxygen atoms in total. The molecule has 1 rings (SSSR count). The van der Waals surface area contributed by atoms with E-state index >= 15 is 0 Å². The summed E-state index contributed by atoms with van der Waals surface area (Å²) in [5.74, 6) is 0.242. The van der Waals surface area contributed by atoms with Gasteiger partial charge in [0.05, 0.1) is 0 Å². The summed E-state index contributed by atoms with van der Waals surface area (Å²) in [6.07, 6.45) is 2.35. The van der Waals surface area contributed by atoms with Gasteiger partial charge in [-0.05, 0) is 31.8 Å².